The van der Waals surface area contributed by atoms with Crippen LogP contribution < -0.4 is 0 Å². The molecule has 0 spiro atoms. The highest BCUT2D eigenvalue weighted by molar-refractivity contribution is 5.01. The molecule has 7 aliphatic rings. The lowest BCUT2D eigenvalue weighted by molar-refractivity contribution is -0.0200. The number of hydrogen-bond acceptors (Lipinski definition) is 0. The van der Waals surface area contributed by atoms with Gasteiger partial charge in [-0.15, -0.1) is 0 Å². The molecule has 0 bridgehead atoms. The van der Waals surface area contributed by atoms with Crippen molar-refractivity contribution in [3.63, 3.8) is 0 Å². The molecular formula is C50H88. The molecule has 0 heterocycles. The standard InChI is InChI=1S/C50H88/c1-7-9-17-33(3)41-23-15-24-42(36(41)6)38-30-31-39(32-38)50-34(4)18-12-27-47(48-21-10-11-22-49(48)50)46-29-16-28-45(46)43-25-13-19-37-20-14-26-44(37)40(8-2)35(43)5/h33-50H,7-32H2,1-6H3. The van der Waals surface area contributed by atoms with Crippen molar-refractivity contribution in [2.24, 2.45) is 107 Å². The molecular weight excluding hydrogens is 601 g/mol. The van der Waals surface area contributed by atoms with Gasteiger partial charge in [-0.3, -0.25) is 0 Å². The smallest absolute Gasteiger partial charge is 0.0329 e. The molecule has 0 heteroatoms. The molecule has 18 unspecified atom stereocenters. The Morgan fingerprint density at radius 2 is 1.00 bits per heavy atom. The maximum Gasteiger partial charge on any atom is -0.0329 e. The Morgan fingerprint density at radius 1 is 0.460 bits per heavy atom. The van der Waals surface area contributed by atoms with Crippen LogP contribution in [-0.4, -0.2) is 0 Å². The van der Waals surface area contributed by atoms with Crippen LogP contribution in [0.5, 0.6) is 0 Å². The summed E-state index contributed by atoms with van der Waals surface area (Å²) in [6.07, 6.45) is 40.4. The Morgan fingerprint density at radius 3 is 1.72 bits per heavy atom. The Balaban J connectivity index is 1.07. The number of fused-ring (bicyclic) bond motifs is 2. The van der Waals surface area contributed by atoms with E-state index >= 15 is 0 Å². The first-order valence-electron chi connectivity index (χ1n) is 24.4. The van der Waals surface area contributed by atoms with Crippen LogP contribution in [0.2, 0.25) is 0 Å². The summed E-state index contributed by atoms with van der Waals surface area (Å²) >= 11 is 0. The number of unbranched alkanes of at least 4 members (excludes halogenated alkanes) is 1. The molecule has 7 fully saturated rings. The lowest BCUT2D eigenvalue weighted by atomic mass is 9.54. The number of hydrogen-bond donors (Lipinski definition) is 0. The first-order chi connectivity index (χ1) is 24.4. The molecule has 7 saturated carbocycles. The van der Waals surface area contributed by atoms with Gasteiger partial charge in [0.15, 0.2) is 0 Å². The Hall–Kier alpha value is 0. The Kier molecular flexibility index (Phi) is 13.5. The van der Waals surface area contributed by atoms with Crippen LogP contribution in [0.4, 0.5) is 0 Å². The highest BCUT2D eigenvalue weighted by atomic mass is 14.6. The summed E-state index contributed by atoms with van der Waals surface area (Å²) in [5.41, 5.74) is 0. The molecule has 7 aliphatic carbocycles. The van der Waals surface area contributed by atoms with Crippen molar-refractivity contribution in [2.45, 2.75) is 208 Å². The molecule has 0 radical (unpaired) electrons. The Labute approximate surface area is 314 Å². The minimum absolute atomic E-state index is 0.952. The fourth-order valence-electron chi connectivity index (χ4n) is 17.4. The van der Waals surface area contributed by atoms with Gasteiger partial charge >= 0.3 is 0 Å². The van der Waals surface area contributed by atoms with Gasteiger partial charge in [0.25, 0.3) is 0 Å². The van der Waals surface area contributed by atoms with E-state index in [9.17, 15) is 0 Å². The quantitative estimate of drug-likeness (QED) is 0.226. The maximum absolute atomic E-state index is 2.80. The van der Waals surface area contributed by atoms with E-state index in [-0.39, 0.29) is 0 Å². The first kappa shape index (κ1) is 38.3. The van der Waals surface area contributed by atoms with Gasteiger partial charge in [-0.2, -0.15) is 0 Å². The van der Waals surface area contributed by atoms with Crippen molar-refractivity contribution in [2.75, 3.05) is 0 Å². The second-order valence-corrected chi connectivity index (χ2v) is 21.5. The van der Waals surface area contributed by atoms with E-state index < -0.39 is 0 Å². The molecule has 0 aromatic carbocycles. The average Bonchev–Trinajstić information content (AvgIpc) is 3.90. The molecule has 0 nitrogen and oxygen atoms in total. The third-order valence-corrected chi connectivity index (χ3v) is 19.5. The normalized spacial score (nSPS) is 49.7. The number of rotatable bonds is 9. The van der Waals surface area contributed by atoms with E-state index in [1.807, 2.05) is 0 Å². The van der Waals surface area contributed by atoms with Crippen LogP contribution in [0, 0.1) is 107 Å². The monoisotopic (exact) mass is 689 g/mol. The van der Waals surface area contributed by atoms with Crippen LogP contribution in [0.25, 0.3) is 0 Å². The van der Waals surface area contributed by atoms with E-state index in [1.165, 1.54) is 38.5 Å². The summed E-state index contributed by atoms with van der Waals surface area (Å²) in [6.45, 7) is 15.9. The van der Waals surface area contributed by atoms with Gasteiger partial charge in [-0.1, -0.05) is 131 Å². The lowest BCUT2D eigenvalue weighted by Crippen LogP contribution is -2.44. The summed E-state index contributed by atoms with van der Waals surface area (Å²) in [6, 6.07) is 0. The fourth-order valence-corrected chi connectivity index (χ4v) is 17.4. The van der Waals surface area contributed by atoms with Crippen LogP contribution in [0.15, 0.2) is 0 Å². The third-order valence-electron chi connectivity index (χ3n) is 19.5. The van der Waals surface area contributed by atoms with Gasteiger partial charge < -0.3 is 0 Å². The highest BCUT2D eigenvalue weighted by Gasteiger charge is 2.51. The van der Waals surface area contributed by atoms with E-state index in [0.717, 1.165) is 107 Å². The maximum atomic E-state index is 2.80. The van der Waals surface area contributed by atoms with Gasteiger partial charge in [0.05, 0.1) is 0 Å². The van der Waals surface area contributed by atoms with Crippen molar-refractivity contribution in [1.82, 2.24) is 0 Å². The van der Waals surface area contributed by atoms with Gasteiger partial charge in [0, 0.05) is 0 Å². The van der Waals surface area contributed by atoms with Crippen molar-refractivity contribution < 1.29 is 0 Å². The molecule has 0 aromatic heterocycles. The summed E-state index contributed by atoms with van der Waals surface area (Å²) in [7, 11) is 0. The molecule has 7 rings (SSSR count). The molecule has 18 atom stereocenters. The molecule has 0 aliphatic heterocycles. The minimum Gasteiger partial charge on any atom is -0.0654 e. The molecule has 0 N–H and O–H groups in total. The third kappa shape index (κ3) is 7.88. The Bertz CT molecular complexity index is 1010. The zero-order valence-electron chi connectivity index (χ0n) is 34.8. The molecule has 0 amide bonds. The molecule has 0 aromatic rings. The summed E-state index contributed by atoms with van der Waals surface area (Å²) in [5.74, 6) is 18.7. The van der Waals surface area contributed by atoms with Crippen LogP contribution in [0.1, 0.15) is 208 Å². The molecule has 0 saturated heterocycles. The molecule has 288 valence electrons. The summed E-state index contributed by atoms with van der Waals surface area (Å²) < 4.78 is 0. The predicted molar refractivity (Wildman–Crippen MR) is 217 cm³/mol. The SMILES string of the molecule is CCCCC(C)C1CCCC(C2CCC(C3C(C)CCCC(C4CCCC4C4CCCC5CCCC5C(CC)C4C)C4CCCCC43)C2)C1C. The molecule has 50 heavy (non-hydrogen) atoms. The fraction of sp³-hybridized carbons (Fsp3) is 1.00. The van der Waals surface area contributed by atoms with Crippen molar-refractivity contribution in [3.8, 4) is 0 Å². The van der Waals surface area contributed by atoms with Gasteiger partial charge in [-0.05, 0) is 184 Å². The van der Waals surface area contributed by atoms with E-state index in [0.29, 0.717) is 0 Å². The van der Waals surface area contributed by atoms with Crippen molar-refractivity contribution in [3.05, 3.63) is 0 Å². The second kappa shape index (κ2) is 17.6. The van der Waals surface area contributed by atoms with E-state index in [1.54, 1.807) is 128 Å². The zero-order chi connectivity index (χ0) is 34.8. The lowest BCUT2D eigenvalue weighted by Gasteiger charge is -2.51. The predicted octanol–water partition coefficient (Wildman–Crippen LogP) is 15.4. The van der Waals surface area contributed by atoms with Crippen LogP contribution >= 0.6 is 0 Å². The largest absolute Gasteiger partial charge is 0.0654 e. The second-order valence-electron chi connectivity index (χ2n) is 21.5. The van der Waals surface area contributed by atoms with Crippen molar-refractivity contribution >= 4 is 0 Å². The summed E-state index contributed by atoms with van der Waals surface area (Å²) in [4.78, 5) is 0. The first-order valence-corrected chi connectivity index (χ1v) is 24.4. The van der Waals surface area contributed by atoms with Crippen LogP contribution in [0.3, 0.4) is 0 Å². The zero-order valence-corrected chi connectivity index (χ0v) is 34.8. The van der Waals surface area contributed by atoms with E-state index in [2.05, 4.69) is 41.5 Å². The average molecular weight is 689 g/mol. The van der Waals surface area contributed by atoms with Gasteiger partial charge in [0.1, 0.15) is 0 Å². The van der Waals surface area contributed by atoms with Gasteiger partial charge in [-0.25, -0.2) is 0 Å². The van der Waals surface area contributed by atoms with Crippen molar-refractivity contribution in [1.29, 1.82) is 0 Å². The highest BCUT2D eigenvalue weighted by Crippen LogP contribution is 2.60. The van der Waals surface area contributed by atoms with Crippen LogP contribution in [-0.2, 0) is 0 Å². The topological polar surface area (TPSA) is 0 Å². The van der Waals surface area contributed by atoms with Gasteiger partial charge in [0.2, 0.25) is 0 Å². The summed E-state index contributed by atoms with van der Waals surface area (Å²) in [5, 5.41) is 0. The van der Waals surface area contributed by atoms with E-state index in [4.69, 9.17) is 0 Å². The minimum atomic E-state index is 0.952.